The normalized spacial score (nSPS) is 23.9. The third kappa shape index (κ3) is 3.44. The lowest BCUT2D eigenvalue weighted by molar-refractivity contribution is 0.0873. The molecule has 0 spiro atoms. The maximum atomic E-state index is 6.39. The number of ether oxygens (including phenoxy) is 2. The Bertz CT molecular complexity index is 467. The molecule has 0 amide bonds. The Balaban J connectivity index is 2.25. The van der Waals surface area contributed by atoms with E-state index in [4.69, 9.17) is 32.7 Å². The SMILES string of the molecule is CCOc1cc(Cl)c(C(Br)C2CCOC2CC)cc1Cl. The van der Waals surface area contributed by atoms with Crippen molar-refractivity contribution in [2.45, 2.75) is 37.6 Å². The van der Waals surface area contributed by atoms with Crippen LogP contribution < -0.4 is 4.74 Å². The summed E-state index contributed by atoms with van der Waals surface area (Å²) in [5.41, 5.74) is 1.01. The van der Waals surface area contributed by atoms with Gasteiger partial charge in [-0.3, -0.25) is 0 Å². The summed E-state index contributed by atoms with van der Waals surface area (Å²) < 4.78 is 11.2. The van der Waals surface area contributed by atoms with Gasteiger partial charge >= 0.3 is 0 Å². The van der Waals surface area contributed by atoms with Crippen LogP contribution in [0.1, 0.15) is 37.1 Å². The smallest absolute Gasteiger partial charge is 0.139 e. The number of rotatable bonds is 5. The molecule has 0 aromatic heterocycles. The monoisotopic (exact) mass is 380 g/mol. The van der Waals surface area contributed by atoms with Gasteiger partial charge in [-0.2, -0.15) is 0 Å². The van der Waals surface area contributed by atoms with E-state index in [0.29, 0.717) is 28.3 Å². The fourth-order valence-corrected chi connectivity index (χ4v) is 4.29. The van der Waals surface area contributed by atoms with Crippen LogP contribution in [0, 0.1) is 5.92 Å². The molecule has 3 atom stereocenters. The summed E-state index contributed by atoms with van der Waals surface area (Å²) in [6.45, 7) is 5.46. The molecule has 1 aromatic rings. The predicted octanol–water partition coefficient (Wildman–Crippen LogP) is 5.64. The van der Waals surface area contributed by atoms with Crippen molar-refractivity contribution in [3.63, 3.8) is 0 Å². The molecule has 2 nitrogen and oxygen atoms in total. The molecule has 2 rings (SSSR count). The Morgan fingerprint density at radius 2 is 2.10 bits per heavy atom. The fraction of sp³-hybridized carbons (Fsp3) is 0.600. The minimum absolute atomic E-state index is 0.149. The zero-order chi connectivity index (χ0) is 14.7. The Kier molecular flexibility index (Phi) is 6.03. The van der Waals surface area contributed by atoms with Gasteiger partial charge in [-0.05, 0) is 31.4 Å². The van der Waals surface area contributed by atoms with Crippen molar-refractivity contribution in [3.8, 4) is 5.75 Å². The first-order valence-corrected chi connectivity index (χ1v) is 8.63. The third-order valence-electron chi connectivity index (χ3n) is 3.69. The second kappa shape index (κ2) is 7.35. The molecule has 0 bridgehead atoms. The predicted molar refractivity (Wildman–Crippen MR) is 87.4 cm³/mol. The van der Waals surface area contributed by atoms with Crippen LogP contribution >= 0.6 is 39.1 Å². The van der Waals surface area contributed by atoms with E-state index >= 15 is 0 Å². The summed E-state index contributed by atoms with van der Waals surface area (Å²) in [4.78, 5) is 0.149. The van der Waals surface area contributed by atoms with E-state index in [-0.39, 0.29) is 10.9 Å². The quantitative estimate of drug-likeness (QED) is 0.614. The van der Waals surface area contributed by atoms with Crippen molar-refractivity contribution in [2.75, 3.05) is 13.2 Å². The Labute approximate surface area is 138 Å². The summed E-state index contributed by atoms with van der Waals surface area (Å²) in [5.74, 6) is 1.06. The molecule has 1 aromatic carbocycles. The molecule has 1 aliphatic rings. The van der Waals surface area contributed by atoms with Gasteiger partial charge < -0.3 is 9.47 Å². The average Bonchev–Trinajstić information content (AvgIpc) is 2.90. The van der Waals surface area contributed by atoms with E-state index in [2.05, 4.69) is 22.9 Å². The standard InChI is InChI=1S/C15H19BrCl2O2/c1-3-13-9(5-6-20-13)15(16)10-7-12(18)14(19-4-2)8-11(10)17/h7-9,13,15H,3-6H2,1-2H3. The molecule has 20 heavy (non-hydrogen) atoms. The van der Waals surface area contributed by atoms with Crippen LogP contribution in [0.25, 0.3) is 0 Å². The van der Waals surface area contributed by atoms with Crippen LogP contribution in [0.2, 0.25) is 10.0 Å². The van der Waals surface area contributed by atoms with Gasteiger partial charge in [0, 0.05) is 28.4 Å². The van der Waals surface area contributed by atoms with Gasteiger partial charge in [0.2, 0.25) is 0 Å². The summed E-state index contributed by atoms with van der Waals surface area (Å²) in [7, 11) is 0. The maximum absolute atomic E-state index is 6.39. The fourth-order valence-electron chi connectivity index (χ4n) is 2.67. The van der Waals surface area contributed by atoms with Crippen molar-refractivity contribution in [3.05, 3.63) is 27.7 Å². The van der Waals surface area contributed by atoms with Gasteiger partial charge in [0.25, 0.3) is 0 Å². The number of benzene rings is 1. The summed E-state index contributed by atoms with van der Waals surface area (Å²) in [5, 5.41) is 1.28. The van der Waals surface area contributed by atoms with Gasteiger partial charge in [-0.15, -0.1) is 0 Å². The van der Waals surface area contributed by atoms with E-state index in [9.17, 15) is 0 Å². The highest BCUT2D eigenvalue weighted by atomic mass is 79.9. The molecule has 1 heterocycles. The zero-order valence-corrected chi connectivity index (χ0v) is 14.8. The average molecular weight is 382 g/mol. The van der Waals surface area contributed by atoms with Crippen LogP contribution in [0.4, 0.5) is 0 Å². The minimum Gasteiger partial charge on any atom is -0.492 e. The van der Waals surface area contributed by atoms with Crippen molar-refractivity contribution in [2.24, 2.45) is 5.92 Å². The van der Waals surface area contributed by atoms with Crippen molar-refractivity contribution in [1.29, 1.82) is 0 Å². The molecule has 1 saturated heterocycles. The first-order chi connectivity index (χ1) is 9.58. The Morgan fingerprint density at radius 1 is 1.35 bits per heavy atom. The van der Waals surface area contributed by atoms with E-state index in [1.807, 2.05) is 13.0 Å². The Morgan fingerprint density at radius 3 is 2.75 bits per heavy atom. The van der Waals surface area contributed by atoms with Gasteiger partial charge in [-0.25, -0.2) is 0 Å². The van der Waals surface area contributed by atoms with Crippen LogP contribution in [0.15, 0.2) is 12.1 Å². The van der Waals surface area contributed by atoms with Crippen molar-refractivity contribution >= 4 is 39.1 Å². The van der Waals surface area contributed by atoms with Crippen LogP contribution in [0.3, 0.4) is 0 Å². The summed E-state index contributed by atoms with van der Waals surface area (Å²) in [6.07, 6.45) is 2.32. The molecule has 112 valence electrons. The molecule has 5 heteroatoms. The van der Waals surface area contributed by atoms with E-state index in [0.717, 1.165) is 25.0 Å². The van der Waals surface area contributed by atoms with E-state index < -0.39 is 0 Å². The highest BCUT2D eigenvalue weighted by Crippen LogP contribution is 2.45. The van der Waals surface area contributed by atoms with Gasteiger partial charge in [-0.1, -0.05) is 46.1 Å². The molecule has 1 fully saturated rings. The van der Waals surface area contributed by atoms with Gasteiger partial charge in [0.1, 0.15) is 5.75 Å². The molecule has 0 N–H and O–H groups in total. The highest BCUT2D eigenvalue weighted by Gasteiger charge is 2.34. The Hall–Kier alpha value is 0.0400. The molecule has 0 aliphatic carbocycles. The lowest BCUT2D eigenvalue weighted by Gasteiger charge is -2.24. The molecule has 1 aliphatic heterocycles. The highest BCUT2D eigenvalue weighted by molar-refractivity contribution is 9.09. The third-order valence-corrected chi connectivity index (χ3v) is 5.48. The maximum Gasteiger partial charge on any atom is 0.139 e. The van der Waals surface area contributed by atoms with Gasteiger partial charge in [0.15, 0.2) is 0 Å². The van der Waals surface area contributed by atoms with E-state index in [1.165, 1.54) is 0 Å². The molecule has 0 saturated carbocycles. The second-order valence-electron chi connectivity index (χ2n) is 4.91. The number of alkyl halides is 1. The number of halogens is 3. The van der Waals surface area contributed by atoms with Crippen LogP contribution in [-0.4, -0.2) is 19.3 Å². The van der Waals surface area contributed by atoms with Crippen molar-refractivity contribution < 1.29 is 9.47 Å². The summed E-state index contributed by atoms with van der Waals surface area (Å²) >= 11 is 16.4. The van der Waals surface area contributed by atoms with Crippen LogP contribution in [0.5, 0.6) is 5.75 Å². The topological polar surface area (TPSA) is 18.5 Å². The summed E-state index contributed by atoms with van der Waals surface area (Å²) in [6, 6.07) is 3.70. The van der Waals surface area contributed by atoms with Crippen molar-refractivity contribution in [1.82, 2.24) is 0 Å². The lowest BCUT2D eigenvalue weighted by Crippen LogP contribution is -2.19. The first kappa shape index (κ1) is 16.4. The minimum atomic E-state index is 0.149. The largest absolute Gasteiger partial charge is 0.492 e. The lowest BCUT2D eigenvalue weighted by atomic mass is 9.91. The number of hydrogen-bond acceptors (Lipinski definition) is 2. The van der Waals surface area contributed by atoms with E-state index in [1.54, 1.807) is 6.07 Å². The first-order valence-electron chi connectivity index (χ1n) is 6.95. The second-order valence-corrected chi connectivity index (χ2v) is 6.71. The zero-order valence-electron chi connectivity index (χ0n) is 11.7. The van der Waals surface area contributed by atoms with Gasteiger partial charge in [0.05, 0.1) is 17.7 Å². The van der Waals surface area contributed by atoms with Crippen LogP contribution in [-0.2, 0) is 4.74 Å². The molecular weight excluding hydrogens is 363 g/mol. The molecular formula is C15H19BrCl2O2. The number of hydrogen-bond donors (Lipinski definition) is 0. The molecule has 0 radical (unpaired) electrons. The molecule has 3 unspecified atom stereocenters.